The minimum absolute atomic E-state index is 0.230. The molecule has 0 aliphatic heterocycles. The third-order valence-electron chi connectivity index (χ3n) is 2.87. The van der Waals surface area contributed by atoms with Crippen LogP contribution in [0.4, 0.5) is 0 Å². The Kier molecular flexibility index (Phi) is 5.72. The Morgan fingerprint density at radius 1 is 1.25 bits per heavy atom. The Morgan fingerprint density at radius 3 is 2.44 bits per heavy atom. The quantitative estimate of drug-likeness (QED) is 0.620. The van der Waals surface area contributed by atoms with Crippen molar-refractivity contribution in [3.05, 3.63) is 0 Å². The molecule has 0 bridgehead atoms. The first kappa shape index (κ1) is 13.9. The summed E-state index contributed by atoms with van der Waals surface area (Å²) >= 11 is 0. The summed E-state index contributed by atoms with van der Waals surface area (Å²) in [5.41, 5.74) is 0. The first-order chi connectivity index (χ1) is 7.60. The highest BCUT2D eigenvalue weighted by atomic mass is 32.2. The van der Waals surface area contributed by atoms with Crippen LogP contribution in [0.1, 0.15) is 33.1 Å². The van der Waals surface area contributed by atoms with Gasteiger partial charge in [-0.15, -0.1) is 0 Å². The smallest absolute Gasteiger partial charge is 0.215 e. The third-order valence-corrected chi connectivity index (χ3v) is 4.78. The van der Waals surface area contributed by atoms with Crippen LogP contribution in [0.25, 0.3) is 0 Å². The van der Waals surface area contributed by atoms with E-state index in [0.29, 0.717) is 19.0 Å². The molecule has 0 spiro atoms. The van der Waals surface area contributed by atoms with Crippen molar-refractivity contribution in [1.29, 1.82) is 0 Å². The van der Waals surface area contributed by atoms with Crippen molar-refractivity contribution < 1.29 is 8.42 Å². The maximum absolute atomic E-state index is 12.0. The van der Waals surface area contributed by atoms with E-state index in [9.17, 15) is 8.42 Å². The van der Waals surface area contributed by atoms with Crippen LogP contribution in [0.5, 0.6) is 0 Å². The highest BCUT2D eigenvalue weighted by Crippen LogP contribution is 2.30. The minimum atomic E-state index is -3.04. The Balaban J connectivity index is 2.33. The number of sulfonamides is 1. The highest BCUT2D eigenvalue weighted by molar-refractivity contribution is 7.89. The predicted octanol–water partition coefficient (Wildman–Crippen LogP) is 1.05. The van der Waals surface area contributed by atoms with E-state index < -0.39 is 10.0 Å². The molecule has 1 N–H and O–H groups in total. The number of nitrogens with one attached hydrogen (secondary N) is 1. The molecule has 0 atom stereocenters. The molecule has 0 aromatic carbocycles. The molecule has 0 aromatic heterocycles. The van der Waals surface area contributed by atoms with Crippen LogP contribution in [0, 0.1) is 5.92 Å². The molecular formula is C11H24N2O2S. The Morgan fingerprint density at radius 2 is 1.94 bits per heavy atom. The average Bonchev–Trinajstić information content (AvgIpc) is 3.04. The van der Waals surface area contributed by atoms with Crippen molar-refractivity contribution in [3.8, 4) is 0 Å². The summed E-state index contributed by atoms with van der Waals surface area (Å²) in [6.07, 6.45) is 3.43. The van der Waals surface area contributed by atoms with Gasteiger partial charge in [0.25, 0.3) is 0 Å². The number of nitrogens with zero attached hydrogens (tertiary/aromatic N) is 1. The summed E-state index contributed by atoms with van der Waals surface area (Å²) in [4.78, 5) is 0. The number of hydrogen-bond acceptors (Lipinski definition) is 3. The standard InChI is InChI=1S/C11H24N2O2S/c1-3-7-12-8-9-16(14,15)13(4-2)10-11-5-6-11/h11-12H,3-10H2,1-2H3. The van der Waals surface area contributed by atoms with Gasteiger partial charge >= 0.3 is 0 Å². The normalized spacial score (nSPS) is 16.9. The predicted molar refractivity (Wildman–Crippen MR) is 66.9 cm³/mol. The maximum atomic E-state index is 12.0. The lowest BCUT2D eigenvalue weighted by atomic mass is 10.4. The summed E-state index contributed by atoms with van der Waals surface area (Å²) in [6.45, 7) is 6.78. The molecule has 0 saturated heterocycles. The van der Waals surface area contributed by atoms with Gasteiger partial charge in [-0.1, -0.05) is 13.8 Å². The second kappa shape index (κ2) is 6.57. The maximum Gasteiger partial charge on any atom is 0.215 e. The number of rotatable bonds is 9. The molecule has 0 aromatic rings. The van der Waals surface area contributed by atoms with E-state index >= 15 is 0 Å². The van der Waals surface area contributed by atoms with E-state index in [2.05, 4.69) is 12.2 Å². The molecule has 0 radical (unpaired) electrons. The fourth-order valence-electron chi connectivity index (χ4n) is 1.66. The van der Waals surface area contributed by atoms with Gasteiger partial charge < -0.3 is 5.32 Å². The molecule has 1 aliphatic rings. The van der Waals surface area contributed by atoms with Crippen molar-refractivity contribution in [2.24, 2.45) is 5.92 Å². The van der Waals surface area contributed by atoms with Crippen LogP contribution < -0.4 is 5.32 Å². The first-order valence-electron chi connectivity index (χ1n) is 6.28. The fraction of sp³-hybridized carbons (Fsp3) is 1.00. The SMILES string of the molecule is CCCNCCS(=O)(=O)N(CC)CC1CC1. The molecule has 1 fully saturated rings. The van der Waals surface area contributed by atoms with E-state index in [4.69, 9.17) is 0 Å². The Bertz CT molecular complexity index is 286. The molecule has 1 rings (SSSR count). The summed E-state index contributed by atoms with van der Waals surface area (Å²) in [5, 5.41) is 3.13. The van der Waals surface area contributed by atoms with Gasteiger partial charge in [-0.25, -0.2) is 12.7 Å². The lowest BCUT2D eigenvalue weighted by molar-refractivity contribution is 0.411. The third kappa shape index (κ3) is 4.80. The molecule has 0 unspecified atom stereocenters. The van der Waals surface area contributed by atoms with Crippen LogP contribution in [-0.4, -0.2) is 44.7 Å². The lowest BCUT2D eigenvalue weighted by Gasteiger charge is -2.20. The molecule has 1 aliphatic carbocycles. The molecular weight excluding hydrogens is 224 g/mol. The summed E-state index contributed by atoms with van der Waals surface area (Å²) in [7, 11) is -3.04. The zero-order valence-electron chi connectivity index (χ0n) is 10.4. The van der Waals surface area contributed by atoms with Gasteiger partial charge in [-0.3, -0.25) is 0 Å². The van der Waals surface area contributed by atoms with Crippen molar-refractivity contribution in [2.75, 3.05) is 31.9 Å². The molecule has 96 valence electrons. The van der Waals surface area contributed by atoms with E-state index in [0.717, 1.165) is 19.5 Å². The number of hydrogen-bond donors (Lipinski definition) is 1. The van der Waals surface area contributed by atoms with E-state index in [1.807, 2.05) is 6.92 Å². The second-order valence-electron chi connectivity index (χ2n) is 4.46. The lowest BCUT2D eigenvalue weighted by Crippen LogP contribution is -2.37. The summed E-state index contributed by atoms with van der Waals surface area (Å²) in [5.74, 6) is 0.853. The largest absolute Gasteiger partial charge is 0.316 e. The molecule has 0 heterocycles. The van der Waals surface area contributed by atoms with Crippen LogP contribution in [0.15, 0.2) is 0 Å². The van der Waals surface area contributed by atoms with Gasteiger partial charge in [-0.2, -0.15) is 0 Å². The highest BCUT2D eigenvalue weighted by Gasteiger charge is 2.29. The van der Waals surface area contributed by atoms with Gasteiger partial charge in [-0.05, 0) is 31.7 Å². The van der Waals surface area contributed by atoms with Gasteiger partial charge in [0.05, 0.1) is 5.75 Å². The van der Waals surface area contributed by atoms with Gasteiger partial charge in [0.15, 0.2) is 0 Å². The topological polar surface area (TPSA) is 49.4 Å². The van der Waals surface area contributed by atoms with Crippen LogP contribution in [0.3, 0.4) is 0 Å². The molecule has 5 heteroatoms. The molecule has 16 heavy (non-hydrogen) atoms. The second-order valence-corrected chi connectivity index (χ2v) is 6.55. The van der Waals surface area contributed by atoms with Crippen molar-refractivity contribution in [2.45, 2.75) is 33.1 Å². The van der Waals surface area contributed by atoms with Gasteiger partial charge in [0.1, 0.15) is 0 Å². The Hall–Kier alpha value is -0.130. The van der Waals surface area contributed by atoms with Crippen molar-refractivity contribution >= 4 is 10.0 Å². The Labute approximate surface area is 99.5 Å². The zero-order chi connectivity index (χ0) is 12.0. The first-order valence-corrected chi connectivity index (χ1v) is 7.89. The average molecular weight is 248 g/mol. The van der Waals surface area contributed by atoms with Crippen LogP contribution >= 0.6 is 0 Å². The zero-order valence-corrected chi connectivity index (χ0v) is 11.2. The monoisotopic (exact) mass is 248 g/mol. The van der Waals surface area contributed by atoms with E-state index in [-0.39, 0.29) is 5.75 Å². The molecule has 1 saturated carbocycles. The molecule has 0 amide bonds. The van der Waals surface area contributed by atoms with E-state index in [1.54, 1.807) is 4.31 Å². The van der Waals surface area contributed by atoms with Crippen LogP contribution in [-0.2, 0) is 10.0 Å². The van der Waals surface area contributed by atoms with Crippen molar-refractivity contribution in [1.82, 2.24) is 9.62 Å². The van der Waals surface area contributed by atoms with Crippen LogP contribution in [0.2, 0.25) is 0 Å². The minimum Gasteiger partial charge on any atom is -0.316 e. The van der Waals surface area contributed by atoms with Gasteiger partial charge in [0.2, 0.25) is 10.0 Å². The summed E-state index contributed by atoms with van der Waals surface area (Å²) in [6, 6.07) is 0. The summed E-state index contributed by atoms with van der Waals surface area (Å²) < 4.78 is 25.6. The van der Waals surface area contributed by atoms with E-state index in [1.165, 1.54) is 12.8 Å². The van der Waals surface area contributed by atoms with Gasteiger partial charge in [0, 0.05) is 19.6 Å². The fourth-order valence-corrected chi connectivity index (χ4v) is 3.15. The van der Waals surface area contributed by atoms with Crippen molar-refractivity contribution in [3.63, 3.8) is 0 Å². The molecule has 4 nitrogen and oxygen atoms in total.